The molecule has 7 heteroatoms. The first-order chi connectivity index (χ1) is 16.6. The number of likely N-dealkylation sites (tertiary alicyclic amines) is 1. The molecule has 2 aliphatic rings. The molecule has 34 heavy (non-hydrogen) atoms. The van der Waals surface area contributed by atoms with E-state index in [0.717, 1.165) is 54.1 Å². The fourth-order valence-corrected chi connectivity index (χ4v) is 5.26. The molecule has 1 aromatic heterocycles. The third-order valence-corrected chi connectivity index (χ3v) is 7.09. The number of fused-ring (bicyclic) bond motifs is 2. The van der Waals surface area contributed by atoms with Crippen molar-refractivity contribution in [3.05, 3.63) is 53.2 Å². The molecule has 1 amide bonds. The molecule has 0 N–H and O–H groups in total. The first-order valence-corrected chi connectivity index (χ1v) is 12.5. The SMILES string of the molecule is CC[C@@H](CN1CCCC1)N(CC)C(=O)c1cc(Cl)nc2ccc(-c3ccc4c(c3)OCO4)cc12. The third kappa shape index (κ3) is 4.44. The normalized spacial score (nSPS) is 16.2. The predicted molar refractivity (Wildman–Crippen MR) is 135 cm³/mol. The van der Waals surface area contributed by atoms with Crippen LogP contribution in [0.15, 0.2) is 42.5 Å². The number of pyridine rings is 1. The lowest BCUT2D eigenvalue weighted by Gasteiger charge is -2.33. The van der Waals surface area contributed by atoms with Gasteiger partial charge in [-0.3, -0.25) is 4.79 Å². The minimum absolute atomic E-state index is 0.00526. The van der Waals surface area contributed by atoms with Gasteiger partial charge < -0.3 is 19.3 Å². The smallest absolute Gasteiger partial charge is 0.254 e. The fraction of sp³-hybridized carbons (Fsp3) is 0.407. The van der Waals surface area contributed by atoms with Crippen LogP contribution >= 0.6 is 11.6 Å². The average molecular weight is 480 g/mol. The number of benzene rings is 2. The molecule has 2 aromatic carbocycles. The van der Waals surface area contributed by atoms with Gasteiger partial charge in [-0.1, -0.05) is 30.7 Å². The Morgan fingerprint density at radius 1 is 1.06 bits per heavy atom. The van der Waals surface area contributed by atoms with Crippen molar-refractivity contribution in [3.63, 3.8) is 0 Å². The van der Waals surface area contributed by atoms with E-state index in [4.69, 9.17) is 21.1 Å². The number of hydrogen-bond acceptors (Lipinski definition) is 5. The number of likely N-dealkylation sites (N-methyl/N-ethyl adjacent to an activating group) is 1. The van der Waals surface area contributed by atoms with Gasteiger partial charge in [-0.05, 0) is 80.7 Å². The van der Waals surface area contributed by atoms with Crippen molar-refractivity contribution in [2.24, 2.45) is 0 Å². The molecule has 0 spiro atoms. The predicted octanol–water partition coefficient (Wildman–Crippen LogP) is 5.62. The van der Waals surface area contributed by atoms with Crippen LogP contribution in [-0.2, 0) is 0 Å². The number of carbonyl (C=O) groups is 1. The maximum absolute atomic E-state index is 13.9. The van der Waals surface area contributed by atoms with Crippen LogP contribution in [0.3, 0.4) is 0 Å². The first kappa shape index (κ1) is 22.9. The highest BCUT2D eigenvalue weighted by atomic mass is 35.5. The van der Waals surface area contributed by atoms with E-state index in [1.807, 2.05) is 48.2 Å². The molecule has 0 radical (unpaired) electrons. The zero-order chi connectivity index (χ0) is 23.7. The number of nitrogens with zero attached hydrogens (tertiary/aromatic N) is 3. The Bertz CT molecular complexity index is 1210. The second-order valence-corrected chi connectivity index (χ2v) is 9.34. The van der Waals surface area contributed by atoms with Crippen LogP contribution in [0.1, 0.15) is 43.5 Å². The van der Waals surface area contributed by atoms with Gasteiger partial charge in [0, 0.05) is 24.5 Å². The van der Waals surface area contributed by atoms with Crippen molar-refractivity contribution in [1.29, 1.82) is 0 Å². The monoisotopic (exact) mass is 479 g/mol. The van der Waals surface area contributed by atoms with E-state index in [2.05, 4.69) is 16.8 Å². The number of aromatic nitrogens is 1. The van der Waals surface area contributed by atoms with Gasteiger partial charge in [0.05, 0.1) is 11.1 Å². The molecule has 1 atom stereocenters. The lowest BCUT2D eigenvalue weighted by atomic mass is 9.99. The average Bonchev–Trinajstić information content (AvgIpc) is 3.54. The molecular formula is C27H30ClN3O3. The third-order valence-electron chi connectivity index (χ3n) is 6.89. The minimum atomic E-state index is 0.00526. The summed E-state index contributed by atoms with van der Waals surface area (Å²) in [5.41, 5.74) is 3.28. The standard InChI is InChI=1S/C27H30ClN3O3/c1-3-20(16-30-11-5-6-12-30)31(4-2)27(32)22-15-26(28)29-23-9-7-18(13-21(22)23)19-8-10-24-25(14-19)34-17-33-24/h7-10,13-15,20H,3-6,11-12,16-17H2,1-2H3/t20-/m0/s1. The maximum Gasteiger partial charge on any atom is 0.254 e. The highest BCUT2D eigenvalue weighted by molar-refractivity contribution is 6.30. The Morgan fingerprint density at radius 2 is 1.79 bits per heavy atom. The summed E-state index contributed by atoms with van der Waals surface area (Å²) in [6.07, 6.45) is 3.39. The highest BCUT2D eigenvalue weighted by Crippen LogP contribution is 2.37. The number of carbonyl (C=O) groups excluding carboxylic acids is 1. The van der Waals surface area contributed by atoms with Crippen molar-refractivity contribution < 1.29 is 14.3 Å². The van der Waals surface area contributed by atoms with Crippen LogP contribution in [0.2, 0.25) is 5.15 Å². The summed E-state index contributed by atoms with van der Waals surface area (Å²) in [6, 6.07) is 13.7. The summed E-state index contributed by atoms with van der Waals surface area (Å²) in [7, 11) is 0. The van der Waals surface area contributed by atoms with Gasteiger partial charge >= 0.3 is 0 Å². The van der Waals surface area contributed by atoms with Gasteiger partial charge in [0.2, 0.25) is 6.79 Å². The maximum atomic E-state index is 13.9. The number of hydrogen-bond donors (Lipinski definition) is 0. The van der Waals surface area contributed by atoms with E-state index < -0.39 is 0 Å². The summed E-state index contributed by atoms with van der Waals surface area (Å²) in [5.74, 6) is 1.48. The van der Waals surface area contributed by atoms with Crippen molar-refractivity contribution >= 4 is 28.4 Å². The number of rotatable bonds is 7. The Balaban J connectivity index is 1.52. The molecule has 178 valence electrons. The van der Waals surface area contributed by atoms with Crippen LogP contribution in [0.5, 0.6) is 11.5 Å². The largest absolute Gasteiger partial charge is 0.454 e. The van der Waals surface area contributed by atoms with Gasteiger partial charge in [0.25, 0.3) is 5.91 Å². The molecule has 0 saturated carbocycles. The summed E-state index contributed by atoms with van der Waals surface area (Å²) in [6.45, 7) is 8.24. The summed E-state index contributed by atoms with van der Waals surface area (Å²) in [4.78, 5) is 22.9. The van der Waals surface area contributed by atoms with Crippen LogP contribution in [-0.4, -0.2) is 59.7 Å². The van der Waals surface area contributed by atoms with Crippen LogP contribution in [0.25, 0.3) is 22.0 Å². The van der Waals surface area contributed by atoms with Crippen molar-refractivity contribution in [3.8, 4) is 22.6 Å². The minimum Gasteiger partial charge on any atom is -0.454 e. The molecule has 6 nitrogen and oxygen atoms in total. The quantitative estimate of drug-likeness (QED) is 0.411. The summed E-state index contributed by atoms with van der Waals surface area (Å²) >= 11 is 6.37. The van der Waals surface area contributed by atoms with Gasteiger partial charge in [0.1, 0.15) is 5.15 Å². The van der Waals surface area contributed by atoms with E-state index in [0.29, 0.717) is 22.8 Å². The molecule has 0 bridgehead atoms. The fourth-order valence-electron chi connectivity index (χ4n) is 5.06. The van der Waals surface area contributed by atoms with Gasteiger partial charge in [-0.2, -0.15) is 0 Å². The van der Waals surface area contributed by atoms with Gasteiger partial charge in [-0.25, -0.2) is 4.98 Å². The van der Waals surface area contributed by atoms with E-state index >= 15 is 0 Å². The summed E-state index contributed by atoms with van der Waals surface area (Å²) < 4.78 is 11.0. The van der Waals surface area contributed by atoms with Gasteiger partial charge in [0.15, 0.2) is 11.5 Å². The van der Waals surface area contributed by atoms with Crippen molar-refractivity contribution in [1.82, 2.24) is 14.8 Å². The van der Waals surface area contributed by atoms with E-state index in [9.17, 15) is 4.79 Å². The Labute approximate surface area is 205 Å². The van der Waals surface area contributed by atoms with E-state index in [1.54, 1.807) is 6.07 Å². The molecule has 0 aliphatic carbocycles. The molecule has 1 fully saturated rings. The lowest BCUT2D eigenvalue weighted by molar-refractivity contribution is 0.0646. The van der Waals surface area contributed by atoms with Crippen molar-refractivity contribution in [2.75, 3.05) is 33.0 Å². The molecule has 3 heterocycles. The summed E-state index contributed by atoms with van der Waals surface area (Å²) in [5, 5.41) is 1.13. The van der Waals surface area contributed by atoms with Crippen LogP contribution in [0, 0.1) is 0 Å². The Morgan fingerprint density at radius 3 is 2.56 bits per heavy atom. The Hall–Kier alpha value is -2.83. The second-order valence-electron chi connectivity index (χ2n) is 8.95. The zero-order valence-electron chi connectivity index (χ0n) is 19.7. The number of ether oxygens (including phenoxy) is 2. The van der Waals surface area contributed by atoms with Gasteiger partial charge in [-0.15, -0.1) is 0 Å². The van der Waals surface area contributed by atoms with E-state index in [-0.39, 0.29) is 18.7 Å². The van der Waals surface area contributed by atoms with Crippen LogP contribution in [0.4, 0.5) is 0 Å². The van der Waals surface area contributed by atoms with E-state index in [1.165, 1.54) is 12.8 Å². The number of amides is 1. The molecule has 2 aliphatic heterocycles. The van der Waals surface area contributed by atoms with Crippen molar-refractivity contribution in [2.45, 2.75) is 39.2 Å². The zero-order valence-corrected chi connectivity index (χ0v) is 20.5. The molecule has 0 unspecified atom stereocenters. The topological polar surface area (TPSA) is 54.9 Å². The lowest BCUT2D eigenvalue weighted by Crippen LogP contribution is -2.46. The second kappa shape index (κ2) is 9.80. The molecule has 3 aromatic rings. The first-order valence-electron chi connectivity index (χ1n) is 12.1. The Kier molecular flexibility index (Phi) is 6.61. The molecular weight excluding hydrogens is 450 g/mol. The van der Waals surface area contributed by atoms with Crippen LogP contribution < -0.4 is 9.47 Å². The molecule has 5 rings (SSSR count). The molecule has 1 saturated heterocycles. The highest BCUT2D eigenvalue weighted by Gasteiger charge is 2.27. The number of halogens is 1.